The minimum absolute atomic E-state index is 0.549. The number of benzene rings is 2. The lowest BCUT2D eigenvalue weighted by Gasteiger charge is -2.13. The van der Waals surface area contributed by atoms with Crippen molar-refractivity contribution in [2.75, 3.05) is 13.7 Å². The number of hydrogen-bond donors (Lipinski definition) is 1. The average molecular weight is 340 g/mol. The van der Waals surface area contributed by atoms with Crippen LogP contribution in [0.25, 0.3) is 11.0 Å². The lowest BCUT2D eigenvalue weighted by atomic mass is 10.2. The van der Waals surface area contributed by atoms with Crippen molar-refractivity contribution in [1.82, 2.24) is 9.55 Å². The second-order valence-electron chi connectivity index (χ2n) is 5.92. The number of imidazole rings is 1. The highest BCUT2D eigenvalue weighted by atomic mass is 16.5. The highest BCUT2D eigenvalue weighted by Crippen LogP contribution is 2.23. The molecule has 0 aliphatic heterocycles. The van der Waals surface area contributed by atoms with Crippen molar-refractivity contribution in [2.45, 2.75) is 32.4 Å². The van der Waals surface area contributed by atoms with Crippen molar-refractivity contribution in [1.29, 1.82) is 0 Å². The standard InChI is InChI=1S/C20H24N2O3/c1-3-19(23)20-21-17-10-4-5-11-18(17)22(20)12-7-13-25-16-9-6-8-15(14-16)24-2/h4-6,8-11,14,19,23H,3,7,12-13H2,1-2H3. The fraction of sp³-hybridized carbons (Fsp3) is 0.350. The molecule has 132 valence electrons. The lowest BCUT2D eigenvalue weighted by molar-refractivity contribution is 0.158. The van der Waals surface area contributed by atoms with Gasteiger partial charge in [-0.15, -0.1) is 0 Å². The van der Waals surface area contributed by atoms with Gasteiger partial charge in [-0.05, 0) is 37.1 Å². The number of rotatable bonds is 8. The van der Waals surface area contributed by atoms with Gasteiger partial charge in [0.1, 0.15) is 23.4 Å². The molecule has 3 aromatic rings. The summed E-state index contributed by atoms with van der Waals surface area (Å²) in [6.45, 7) is 3.29. The van der Waals surface area contributed by atoms with Gasteiger partial charge in [0.15, 0.2) is 0 Å². The topological polar surface area (TPSA) is 56.5 Å². The van der Waals surface area contributed by atoms with E-state index in [1.807, 2.05) is 55.5 Å². The molecule has 1 aromatic heterocycles. The van der Waals surface area contributed by atoms with Crippen LogP contribution in [0.2, 0.25) is 0 Å². The molecule has 5 nitrogen and oxygen atoms in total. The predicted molar refractivity (Wildman–Crippen MR) is 98.1 cm³/mol. The van der Waals surface area contributed by atoms with E-state index in [0.717, 1.165) is 41.3 Å². The van der Waals surface area contributed by atoms with Crippen molar-refractivity contribution in [3.05, 3.63) is 54.4 Å². The summed E-state index contributed by atoms with van der Waals surface area (Å²) in [6.07, 6.45) is 0.914. The average Bonchev–Trinajstić information content (AvgIpc) is 3.03. The van der Waals surface area contributed by atoms with Gasteiger partial charge in [-0.3, -0.25) is 0 Å². The molecule has 1 unspecified atom stereocenters. The first-order valence-corrected chi connectivity index (χ1v) is 8.63. The van der Waals surface area contributed by atoms with Gasteiger partial charge >= 0.3 is 0 Å². The minimum Gasteiger partial charge on any atom is -0.497 e. The number of aliphatic hydroxyl groups is 1. The summed E-state index contributed by atoms with van der Waals surface area (Å²) in [6, 6.07) is 15.6. The fourth-order valence-electron chi connectivity index (χ4n) is 2.87. The number of nitrogens with zero attached hydrogens (tertiary/aromatic N) is 2. The number of hydrogen-bond acceptors (Lipinski definition) is 4. The summed E-state index contributed by atoms with van der Waals surface area (Å²) in [4.78, 5) is 4.60. The van der Waals surface area contributed by atoms with Crippen molar-refractivity contribution < 1.29 is 14.6 Å². The van der Waals surface area contributed by atoms with E-state index >= 15 is 0 Å². The van der Waals surface area contributed by atoms with E-state index in [1.54, 1.807) is 7.11 Å². The van der Waals surface area contributed by atoms with Crippen LogP contribution in [0.5, 0.6) is 11.5 Å². The molecule has 0 aliphatic carbocycles. The zero-order valence-electron chi connectivity index (χ0n) is 14.7. The van der Waals surface area contributed by atoms with Crippen LogP contribution in [0.4, 0.5) is 0 Å². The number of para-hydroxylation sites is 2. The molecule has 0 fully saturated rings. The third kappa shape index (κ3) is 3.94. The molecule has 1 N–H and O–H groups in total. The van der Waals surface area contributed by atoms with E-state index < -0.39 is 6.10 Å². The first kappa shape index (κ1) is 17.3. The number of fused-ring (bicyclic) bond motifs is 1. The Morgan fingerprint density at radius 1 is 1.12 bits per heavy atom. The molecule has 1 heterocycles. The van der Waals surface area contributed by atoms with Crippen LogP contribution in [-0.4, -0.2) is 28.4 Å². The Kier molecular flexibility index (Phi) is 5.56. The number of ether oxygens (including phenoxy) is 2. The van der Waals surface area contributed by atoms with E-state index in [2.05, 4.69) is 9.55 Å². The highest BCUT2D eigenvalue weighted by molar-refractivity contribution is 5.76. The van der Waals surface area contributed by atoms with Gasteiger partial charge in [-0.1, -0.05) is 25.1 Å². The molecular weight excluding hydrogens is 316 g/mol. The highest BCUT2D eigenvalue weighted by Gasteiger charge is 2.16. The molecule has 0 spiro atoms. The number of aryl methyl sites for hydroxylation is 1. The summed E-state index contributed by atoms with van der Waals surface area (Å²) in [7, 11) is 1.64. The first-order valence-electron chi connectivity index (χ1n) is 8.63. The molecule has 0 saturated carbocycles. The smallest absolute Gasteiger partial charge is 0.138 e. The second kappa shape index (κ2) is 8.03. The third-order valence-electron chi connectivity index (χ3n) is 4.20. The van der Waals surface area contributed by atoms with Crippen molar-refractivity contribution >= 4 is 11.0 Å². The molecule has 3 rings (SSSR count). The molecule has 0 saturated heterocycles. The molecule has 2 aromatic carbocycles. The Morgan fingerprint density at radius 2 is 1.92 bits per heavy atom. The van der Waals surface area contributed by atoms with E-state index in [-0.39, 0.29) is 0 Å². The van der Waals surface area contributed by atoms with Gasteiger partial charge in [0.2, 0.25) is 0 Å². The zero-order valence-corrected chi connectivity index (χ0v) is 14.7. The predicted octanol–water partition coefficient (Wildman–Crippen LogP) is 3.96. The molecule has 0 aliphatic rings. The van der Waals surface area contributed by atoms with Crippen LogP contribution in [0.3, 0.4) is 0 Å². The van der Waals surface area contributed by atoms with Gasteiger partial charge in [0.05, 0.1) is 24.8 Å². The molecule has 0 amide bonds. The Bertz CT molecular complexity index is 829. The number of aliphatic hydroxyl groups excluding tert-OH is 1. The Labute approximate surface area is 147 Å². The summed E-state index contributed by atoms with van der Waals surface area (Å²) in [5, 5.41) is 10.3. The van der Waals surface area contributed by atoms with Gasteiger partial charge in [-0.25, -0.2) is 4.98 Å². The summed E-state index contributed by atoms with van der Waals surface area (Å²) in [5.74, 6) is 2.31. The van der Waals surface area contributed by atoms with E-state index in [4.69, 9.17) is 9.47 Å². The van der Waals surface area contributed by atoms with Crippen LogP contribution in [0.15, 0.2) is 48.5 Å². The first-order chi connectivity index (χ1) is 12.2. The molecule has 0 bridgehead atoms. The number of methoxy groups -OCH3 is 1. The normalized spacial score (nSPS) is 12.3. The van der Waals surface area contributed by atoms with Gasteiger partial charge in [0.25, 0.3) is 0 Å². The van der Waals surface area contributed by atoms with E-state index in [0.29, 0.717) is 13.0 Å². The van der Waals surface area contributed by atoms with E-state index in [1.165, 1.54) is 0 Å². The van der Waals surface area contributed by atoms with Crippen molar-refractivity contribution in [2.24, 2.45) is 0 Å². The summed E-state index contributed by atoms with van der Waals surface area (Å²) >= 11 is 0. The molecule has 25 heavy (non-hydrogen) atoms. The maximum absolute atomic E-state index is 10.3. The lowest BCUT2D eigenvalue weighted by Crippen LogP contribution is -2.11. The van der Waals surface area contributed by atoms with Gasteiger partial charge in [-0.2, -0.15) is 0 Å². The van der Waals surface area contributed by atoms with Crippen LogP contribution >= 0.6 is 0 Å². The van der Waals surface area contributed by atoms with Crippen LogP contribution in [-0.2, 0) is 6.54 Å². The van der Waals surface area contributed by atoms with Crippen LogP contribution in [0, 0.1) is 0 Å². The molecule has 5 heteroatoms. The molecular formula is C20H24N2O3. The monoisotopic (exact) mass is 340 g/mol. The SMILES string of the molecule is CCC(O)c1nc2ccccc2n1CCCOc1cccc(OC)c1. The third-order valence-corrected chi connectivity index (χ3v) is 4.20. The van der Waals surface area contributed by atoms with Gasteiger partial charge in [0, 0.05) is 12.6 Å². The largest absolute Gasteiger partial charge is 0.497 e. The Morgan fingerprint density at radius 3 is 2.72 bits per heavy atom. The maximum atomic E-state index is 10.3. The van der Waals surface area contributed by atoms with E-state index in [9.17, 15) is 5.11 Å². The van der Waals surface area contributed by atoms with Crippen molar-refractivity contribution in [3.63, 3.8) is 0 Å². The fourth-order valence-corrected chi connectivity index (χ4v) is 2.87. The second-order valence-corrected chi connectivity index (χ2v) is 5.92. The number of aromatic nitrogens is 2. The Hall–Kier alpha value is -2.53. The van der Waals surface area contributed by atoms with Crippen LogP contribution in [0.1, 0.15) is 31.7 Å². The van der Waals surface area contributed by atoms with Gasteiger partial charge < -0.3 is 19.1 Å². The summed E-state index contributed by atoms with van der Waals surface area (Å²) in [5.41, 5.74) is 1.96. The minimum atomic E-state index is -0.549. The summed E-state index contributed by atoms with van der Waals surface area (Å²) < 4.78 is 13.1. The van der Waals surface area contributed by atoms with Crippen LogP contribution < -0.4 is 9.47 Å². The Balaban J connectivity index is 1.68. The quantitative estimate of drug-likeness (QED) is 0.631. The maximum Gasteiger partial charge on any atom is 0.138 e. The molecule has 1 atom stereocenters. The zero-order chi connectivity index (χ0) is 17.6. The molecule has 0 radical (unpaired) electrons. The van der Waals surface area contributed by atoms with Crippen molar-refractivity contribution in [3.8, 4) is 11.5 Å².